The van der Waals surface area contributed by atoms with Crippen LogP contribution in [-0.4, -0.2) is 25.3 Å². The molecule has 76 valence electrons. The Kier molecular flexibility index (Phi) is 3.23. The van der Waals surface area contributed by atoms with Crippen molar-refractivity contribution in [3.8, 4) is 0 Å². The van der Waals surface area contributed by atoms with Crippen LogP contribution < -0.4 is 5.32 Å². The molecule has 1 N–H and O–H groups in total. The van der Waals surface area contributed by atoms with Gasteiger partial charge >= 0.3 is 0 Å². The van der Waals surface area contributed by atoms with Crippen molar-refractivity contribution in [2.45, 2.75) is 51.1 Å². The standard InChI is InChI=1S/C11H21NO/c1-9-7-11(8-9)12-10-3-2-5-13-6-4-10/h9-12H,2-8H2,1H3. The summed E-state index contributed by atoms with van der Waals surface area (Å²) in [6.07, 6.45) is 6.53. The second-order valence-corrected chi connectivity index (χ2v) is 4.68. The van der Waals surface area contributed by atoms with Crippen LogP contribution in [0.25, 0.3) is 0 Å². The van der Waals surface area contributed by atoms with Gasteiger partial charge in [-0.15, -0.1) is 0 Å². The maximum absolute atomic E-state index is 5.44. The minimum Gasteiger partial charge on any atom is -0.381 e. The molecule has 0 aromatic rings. The van der Waals surface area contributed by atoms with E-state index in [0.717, 1.165) is 31.2 Å². The Morgan fingerprint density at radius 3 is 2.69 bits per heavy atom. The number of hydrogen-bond donors (Lipinski definition) is 1. The van der Waals surface area contributed by atoms with Gasteiger partial charge in [-0.3, -0.25) is 0 Å². The van der Waals surface area contributed by atoms with E-state index in [1.807, 2.05) is 0 Å². The summed E-state index contributed by atoms with van der Waals surface area (Å²) in [5.41, 5.74) is 0. The van der Waals surface area contributed by atoms with E-state index in [1.54, 1.807) is 0 Å². The predicted octanol–water partition coefficient (Wildman–Crippen LogP) is 1.94. The average molecular weight is 183 g/mol. The van der Waals surface area contributed by atoms with E-state index in [0.29, 0.717) is 0 Å². The molecule has 1 atom stereocenters. The van der Waals surface area contributed by atoms with Crippen molar-refractivity contribution in [3.05, 3.63) is 0 Å². The Hall–Kier alpha value is -0.0800. The molecule has 1 aliphatic carbocycles. The Morgan fingerprint density at radius 2 is 1.92 bits per heavy atom. The molecule has 2 fully saturated rings. The van der Waals surface area contributed by atoms with Gasteiger partial charge in [0.15, 0.2) is 0 Å². The Balaban J connectivity index is 1.67. The average Bonchev–Trinajstić information content (AvgIpc) is 2.30. The molecule has 1 heterocycles. The summed E-state index contributed by atoms with van der Waals surface area (Å²) in [6, 6.07) is 1.55. The molecule has 1 aliphatic heterocycles. The summed E-state index contributed by atoms with van der Waals surface area (Å²) in [4.78, 5) is 0. The number of rotatable bonds is 2. The highest BCUT2D eigenvalue weighted by Gasteiger charge is 2.27. The summed E-state index contributed by atoms with van der Waals surface area (Å²) in [7, 11) is 0. The Labute approximate surface area is 81.0 Å². The molecule has 2 aliphatic rings. The third-order valence-corrected chi connectivity index (χ3v) is 3.30. The summed E-state index contributed by atoms with van der Waals surface area (Å²) < 4.78 is 5.44. The highest BCUT2D eigenvalue weighted by molar-refractivity contribution is 4.85. The smallest absolute Gasteiger partial charge is 0.0480 e. The van der Waals surface area contributed by atoms with Gasteiger partial charge in [0.25, 0.3) is 0 Å². The third-order valence-electron chi connectivity index (χ3n) is 3.30. The largest absolute Gasteiger partial charge is 0.381 e. The molecular weight excluding hydrogens is 162 g/mol. The summed E-state index contributed by atoms with van der Waals surface area (Å²) >= 11 is 0. The van der Waals surface area contributed by atoms with Crippen molar-refractivity contribution in [1.29, 1.82) is 0 Å². The van der Waals surface area contributed by atoms with Crippen molar-refractivity contribution < 1.29 is 4.74 Å². The summed E-state index contributed by atoms with van der Waals surface area (Å²) in [6.45, 7) is 4.27. The molecule has 1 unspecified atom stereocenters. The van der Waals surface area contributed by atoms with Crippen LogP contribution >= 0.6 is 0 Å². The zero-order valence-electron chi connectivity index (χ0n) is 8.59. The SMILES string of the molecule is CC1CC(NC2CCCOCC2)C1. The van der Waals surface area contributed by atoms with Crippen LogP contribution in [0.5, 0.6) is 0 Å². The molecule has 1 saturated carbocycles. The van der Waals surface area contributed by atoms with Gasteiger partial charge in [-0.05, 0) is 38.0 Å². The molecule has 2 rings (SSSR count). The fraction of sp³-hybridized carbons (Fsp3) is 1.00. The zero-order valence-corrected chi connectivity index (χ0v) is 8.59. The Morgan fingerprint density at radius 1 is 1.08 bits per heavy atom. The minimum atomic E-state index is 0.736. The van der Waals surface area contributed by atoms with Crippen LogP contribution in [0, 0.1) is 5.92 Å². The first kappa shape index (κ1) is 9.47. The molecule has 0 aromatic carbocycles. The second-order valence-electron chi connectivity index (χ2n) is 4.68. The molecule has 0 aromatic heterocycles. The highest BCUT2D eigenvalue weighted by Crippen LogP contribution is 2.27. The van der Waals surface area contributed by atoms with Gasteiger partial charge in [-0.1, -0.05) is 6.92 Å². The van der Waals surface area contributed by atoms with E-state index >= 15 is 0 Å². The maximum Gasteiger partial charge on any atom is 0.0480 e. The van der Waals surface area contributed by atoms with Crippen molar-refractivity contribution in [2.75, 3.05) is 13.2 Å². The molecule has 0 spiro atoms. The lowest BCUT2D eigenvalue weighted by Gasteiger charge is -2.36. The first-order valence-corrected chi connectivity index (χ1v) is 5.68. The quantitative estimate of drug-likeness (QED) is 0.706. The van der Waals surface area contributed by atoms with E-state index in [1.165, 1.54) is 32.1 Å². The van der Waals surface area contributed by atoms with Crippen molar-refractivity contribution >= 4 is 0 Å². The minimum absolute atomic E-state index is 0.736. The van der Waals surface area contributed by atoms with E-state index in [9.17, 15) is 0 Å². The fourth-order valence-corrected chi connectivity index (χ4v) is 2.44. The van der Waals surface area contributed by atoms with E-state index < -0.39 is 0 Å². The fourth-order valence-electron chi connectivity index (χ4n) is 2.44. The van der Waals surface area contributed by atoms with Gasteiger partial charge in [0, 0.05) is 25.3 Å². The maximum atomic E-state index is 5.44. The molecule has 0 amide bonds. The zero-order chi connectivity index (χ0) is 9.10. The van der Waals surface area contributed by atoms with Gasteiger partial charge in [0.2, 0.25) is 0 Å². The highest BCUT2D eigenvalue weighted by atomic mass is 16.5. The first-order valence-electron chi connectivity index (χ1n) is 5.68. The van der Waals surface area contributed by atoms with E-state index in [4.69, 9.17) is 4.74 Å². The topological polar surface area (TPSA) is 21.3 Å². The molecule has 0 radical (unpaired) electrons. The molecule has 13 heavy (non-hydrogen) atoms. The third kappa shape index (κ3) is 2.68. The van der Waals surface area contributed by atoms with Crippen LogP contribution in [0.1, 0.15) is 39.0 Å². The molecule has 2 heteroatoms. The van der Waals surface area contributed by atoms with E-state index in [-0.39, 0.29) is 0 Å². The molecule has 0 bridgehead atoms. The van der Waals surface area contributed by atoms with Crippen LogP contribution in [0.4, 0.5) is 0 Å². The van der Waals surface area contributed by atoms with Crippen LogP contribution in [0.2, 0.25) is 0 Å². The first-order chi connectivity index (χ1) is 6.34. The second kappa shape index (κ2) is 4.43. The van der Waals surface area contributed by atoms with Gasteiger partial charge in [0.05, 0.1) is 0 Å². The lowest BCUT2D eigenvalue weighted by molar-refractivity contribution is 0.140. The molecular formula is C11H21NO. The van der Waals surface area contributed by atoms with Crippen molar-refractivity contribution in [2.24, 2.45) is 5.92 Å². The van der Waals surface area contributed by atoms with Gasteiger partial charge < -0.3 is 10.1 Å². The van der Waals surface area contributed by atoms with Crippen molar-refractivity contribution in [3.63, 3.8) is 0 Å². The van der Waals surface area contributed by atoms with Crippen molar-refractivity contribution in [1.82, 2.24) is 5.32 Å². The molecule has 2 nitrogen and oxygen atoms in total. The normalized spacial score (nSPS) is 40.8. The predicted molar refractivity (Wildman–Crippen MR) is 53.8 cm³/mol. The van der Waals surface area contributed by atoms with Crippen LogP contribution in [0.3, 0.4) is 0 Å². The summed E-state index contributed by atoms with van der Waals surface area (Å²) in [5, 5.41) is 3.75. The number of nitrogens with one attached hydrogen (secondary N) is 1. The van der Waals surface area contributed by atoms with Crippen LogP contribution in [0.15, 0.2) is 0 Å². The monoisotopic (exact) mass is 183 g/mol. The summed E-state index contributed by atoms with van der Waals surface area (Å²) in [5.74, 6) is 0.958. The van der Waals surface area contributed by atoms with Gasteiger partial charge in [0.1, 0.15) is 0 Å². The number of hydrogen-bond acceptors (Lipinski definition) is 2. The van der Waals surface area contributed by atoms with Gasteiger partial charge in [-0.2, -0.15) is 0 Å². The van der Waals surface area contributed by atoms with Crippen LogP contribution in [-0.2, 0) is 4.74 Å². The van der Waals surface area contributed by atoms with Gasteiger partial charge in [-0.25, -0.2) is 0 Å². The Bertz CT molecular complexity index is 146. The molecule has 1 saturated heterocycles. The lowest BCUT2D eigenvalue weighted by atomic mass is 9.81. The van der Waals surface area contributed by atoms with E-state index in [2.05, 4.69) is 12.2 Å². The number of ether oxygens (including phenoxy) is 1. The lowest BCUT2D eigenvalue weighted by Crippen LogP contribution is -2.45.